The first kappa shape index (κ1) is 21.4. The van der Waals surface area contributed by atoms with E-state index in [0.717, 1.165) is 5.01 Å². The summed E-state index contributed by atoms with van der Waals surface area (Å²) in [7, 11) is -3.54. The monoisotopic (exact) mass is 452 g/mol. The van der Waals surface area contributed by atoms with Gasteiger partial charge in [0.2, 0.25) is 11.0 Å². The van der Waals surface area contributed by atoms with Crippen molar-refractivity contribution in [2.24, 2.45) is 0 Å². The molecule has 0 spiro atoms. The van der Waals surface area contributed by atoms with Gasteiger partial charge >= 0.3 is 0 Å². The number of sulfone groups is 1. The SMILES string of the molecule is CCn1c(CS(=O)(=O)c2ccccc2)nnc1SC(C)C(=O)Nc1nnc(C)s1. The molecule has 3 rings (SSSR count). The Morgan fingerprint density at radius 3 is 2.55 bits per heavy atom. The predicted octanol–water partition coefficient (Wildman–Crippen LogP) is 2.55. The number of hydrogen-bond acceptors (Lipinski definition) is 9. The van der Waals surface area contributed by atoms with Crippen LogP contribution in [0.15, 0.2) is 40.4 Å². The maximum absolute atomic E-state index is 12.7. The zero-order valence-electron chi connectivity index (χ0n) is 16.1. The number of carbonyl (C=O) groups is 1. The van der Waals surface area contributed by atoms with E-state index in [-0.39, 0.29) is 16.6 Å². The quantitative estimate of drug-likeness (QED) is 0.518. The van der Waals surface area contributed by atoms with Crippen molar-refractivity contribution in [2.75, 3.05) is 5.32 Å². The summed E-state index contributed by atoms with van der Waals surface area (Å²) in [5.41, 5.74) is 0. The molecule has 0 aliphatic carbocycles. The molecule has 9 nitrogen and oxygen atoms in total. The van der Waals surface area contributed by atoms with Crippen LogP contribution in [-0.4, -0.2) is 44.5 Å². The normalized spacial score (nSPS) is 12.7. The van der Waals surface area contributed by atoms with Gasteiger partial charge in [0.15, 0.2) is 15.0 Å². The largest absolute Gasteiger partial charge is 0.305 e. The molecule has 1 amide bonds. The lowest BCUT2D eigenvalue weighted by molar-refractivity contribution is -0.115. The van der Waals surface area contributed by atoms with E-state index in [9.17, 15) is 13.2 Å². The Morgan fingerprint density at radius 2 is 1.93 bits per heavy atom. The Morgan fingerprint density at radius 1 is 1.21 bits per heavy atom. The fourth-order valence-electron chi connectivity index (χ4n) is 2.48. The fourth-order valence-corrected chi connectivity index (χ4v) is 5.30. The van der Waals surface area contributed by atoms with Crippen LogP contribution in [0.4, 0.5) is 5.13 Å². The van der Waals surface area contributed by atoms with Crippen molar-refractivity contribution in [2.45, 2.75) is 48.4 Å². The van der Waals surface area contributed by atoms with Gasteiger partial charge in [0.1, 0.15) is 16.6 Å². The van der Waals surface area contributed by atoms with Gasteiger partial charge in [0.25, 0.3) is 0 Å². The van der Waals surface area contributed by atoms with E-state index < -0.39 is 15.1 Å². The molecule has 0 radical (unpaired) electrons. The zero-order chi connectivity index (χ0) is 21.0. The van der Waals surface area contributed by atoms with Gasteiger partial charge in [-0.05, 0) is 32.9 Å². The Kier molecular flexibility index (Phi) is 6.65. The first-order valence-electron chi connectivity index (χ1n) is 8.77. The summed E-state index contributed by atoms with van der Waals surface area (Å²) in [6.45, 7) is 5.91. The highest BCUT2D eigenvalue weighted by Crippen LogP contribution is 2.25. The number of amides is 1. The van der Waals surface area contributed by atoms with Gasteiger partial charge in [-0.3, -0.25) is 10.1 Å². The summed E-state index contributed by atoms with van der Waals surface area (Å²) in [6, 6.07) is 8.23. The van der Waals surface area contributed by atoms with E-state index in [1.54, 1.807) is 48.7 Å². The van der Waals surface area contributed by atoms with Crippen LogP contribution in [0.1, 0.15) is 24.7 Å². The van der Waals surface area contributed by atoms with Crippen molar-refractivity contribution in [3.05, 3.63) is 41.2 Å². The molecule has 154 valence electrons. The Labute approximate surface area is 176 Å². The van der Waals surface area contributed by atoms with Crippen LogP contribution in [0.2, 0.25) is 0 Å². The van der Waals surface area contributed by atoms with Crippen LogP contribution in [-0.2, 0) is 26.9 Å². The molecule has 0 fully saturated rings. The second-order valence-electron chi connectivity index (χ2n) is 6.09. The summed E-state index contributed by atoms with van der Waals surface area (Å²) in [5, 5.41) is 19.8. The third-order valence-electron chi connectivity index (χ3n) is 3.94. The third kappa shape index (κ3) is 5.19. The van der Waals surface area contributed by atoms with Gasteiger partial charge in [0.05, 0.1) is 10.1 Å². The van der Waals surface area contributed by atoms with E-state index >= 15 is 0 Å². The lowest BCUT2D eigenvalue weighted by atomic mass is 10.4. The van der Waals surface area contributed by atoms with E-state index in [1.165, 1.54) is 23.1 Å². The van der Waals surface area contributed by atoms with E-state index in [2.05, 4.69) is 25.7 Å². The molecular formula is C17H20N6O3S3. The molecule has 1 unspecified atom stereocenters. The van der Waals surface area contributed by atoms with Crippen molar-refractivity contribution in [1.82, 2.24) is 25.0 Å². The minimum absolute atomic E-state index is 0.236. The summed E-state index contributed by atoms with van der Waals surface area (Å²) >= 11 is 2.50. The summed E-state index contributed by atoms with van der Waals surface area (Å²) < 4.78 is 27.0. The molecule has 2 heterocycles. The Balaban J connectivity index is 1.73. The molecule has 1 aromatic carbocycles. The summed E-state index contributed by atoms with van der Waals surface area (Å²) in [6.07, 6.45) is 0. The molecule has 0 saturated heterocycles. The number of aromatic nitrogens is 5. The van der Waals surface area contributed by atoms with E-state index in [4.69, 9.17) is 0 Å². The standard InChI is InChI=1S/C17H20N6O3S3/c1-4-23-14(10-29(25,26)13-8-6-5-7-9-13)20-22-17(23)27-11(2)15(24)18-16-21-19-12(3)28-16/h5-9,11H,4,10H2,1-3H3,(H,18,21,24). The van der Waals surface area contributed by atoms with Gasteiger partial charge in [-0.15, -0.1) is 20.4 Å². The fraction of sp³-hybridized carbons (Fsp3) is 0.353. The molecule has 0 saturated carbocycles. The van der Waals surface area contributed by atoms with Crippen LogP contribution in [0.5, 0.6) is 0 Å². The second-order valence-corrected chi connectivity index (χ2v) is 10.6. The number of benzene rings is 1. The zero-order valence-corrected chi connectivity index (χ0v) is 18.5. The number of hydrogen-bond donors (Lipinski definition) is 1. The number of carbonyl (C=O) groups excluding carboxylic acids is 1. The third-order valence-corrected chi connectivity index (χ3v) is 7.40. The molecule has 12 heteroatoms. The van der Waals surface area contributed by atoms with Crippen LogP contribution in [0, 0.1) is 6.92 Å². The number of aryl methyl sites for hydroxylation is 1. The summed E-state index contributed by atoms with van der Waals surface area (Å²) in [5.74, 6) is -0.162. The lowest BCUT2D eigenvalue weighted by Gasteiger charge is -2.11. The van der Waals surface area contributed by atoms with Crippen molar-refractivity contribution in [3.8, 4) is 0 Å². The maximum Gasteiger partial charge on any atom is 0.239 e. The average molecular weight is 453 g/mol. The number of thioether (sulfide) groups is 1. The molecule has 0 bridgehead atoms. The van der Waals surface area contributed by atoms with Gasteiger partial charge in [0, 0.05) is 6.54 Å². The number of anilines is 1. The molecular weight excluding hydrogens is 432 g/mol. The number of nitrogens with one attached hydrogen (secondary N) is 1. The first-order valence-corrected chi connectivity index (χ1v) is 12.1. The van der Waals surface area contributed by atoms with Crippen molar-refractivity contribution < 1.29 is 13.2 Å². The molecule has 2 aromatic heterocycles. The minimum Gasteiger partial charge on any atom is -0.305 e. The van der Waals surface area contributed by atoms with Gasteiger partial charge in [-0.2, -0.15) is 0 Å². The van der Waals surface area contributed by atoms with Gasteiger partial charge in [-0.25, -0.2) is 8.42 Å². The second kappa shape index (κ2) is 9.01. The minimum atomic E-state index is -3.54. The number of rotatable bonds is 8. The topological polar surface area (TPSA) is 120 Å². The number of nitrogens with zero attached hydrogens (tertiary/aromatic N) is 5. The van der Waals surface area contributed by atoms with Crippen molar-refractivity contribution in [1.29, 1.82) is 0 Å². The average Bonchev–Trinajstić information content (AvgIpc) is 3.27. The highest BCUT2D eigenvalue weighted by atomic mass is 32.2. The van der Waals surface area contributed by atoms with Crippen LogP contribution < -0.4 is 5.32 Å². The Bertz CT molecular complexity index is 1090. The predicted molar refractivity (Wildman–Crippen MR) is 112 cm³/mol. The molecule has 1 N–H and O–H groups in total. The van der Waals surface area contributed by atoms with Crippen molar-refractivity contribution >= 4 is 44.0 Å². The highest BCUT2D eigenvalue weighted by Gasteiger charge is 2.24. The highest BCUT2D eigenvalue weighted by molar-refractivity contribution is 8.00. The maximum atomic E-state index is 12.7. The lowest BCUT2D eigenvalue weighted by Crippen LogP contribution is -2.23. The molecule has 0 aliphatic heterocycles. The van der Waals surface area contributed by atoms with Crippen LogP contribution in [0.3, 0.4) is 0 Å². The molecule has 1 atom stereocenters. The van der Waals surface area contributed by atoms with Gasteiger partial charge in [-0.1, -0.05) is 41.3 Å². The van der Waals surface area contributed by atoms with Crippen LogP contribution >= 0.6 is 23.1 Å². The smallest absolute Gasteiger partial charge is 0.239 e. The summed E-state index contributed by atoms with van der Waals surface area (Å²) in [4.78, 5) is 12.6. The Hall–Kier alpha value is -2.31. The molecule has 0 aliphatic rings. The van der Waals surface area contributed by atoms with E-state index in [0.29, 0.717) is 22.7 Å². The van der Waals surface area contributed by atoms with Crippen LogP contribution in [0.25, 0.3) is 0 Å². The van der Waals surface area contributed by atoms with Crippen molar-refractivity contribution in [3.63, 3.8) is 0 Å². The van der Waals surface area contributed by atoms with Gasteiger partial charge < -0.3 is 4.57 Å². The molecule has 29 heavy (non-hydrogen) atoms. The molecule has 3 aromatic rings. The first-order chi connectivity index (χ1) is 13.8. The van der Waals surface area contributed by atoms with E-state index in [1.807, 2.05) is 6.92 Å².